The molecule has 1 heteroatoms. The highest BCUT2D eigenvalue weighted by molar-refractivity contribution is 6.10. The second-order valence-corrected chi connectivity index (χ2v) is 7.11. The van der Waals surface area contributed by atoms with Crippen LogP contribution >= 0.6 is 0 Å². The lowest BCUT2D eigenvalue weighted by Gasteiger charge is -2.12. The minimum absolute atomic E-state index is 0.0413. The molecule has 0 aromatic heterocycles. The van der Waals surface area contributed by atoms with Gasteiger partial charge < -0.3 is 0 Å². The predicted molar refractivity (Wildman–Crippen MR) is 108 cm³/mol. The van der Waals surface area contributed by atoms with Gasteiger partial charge in [0.2, 0.25) is 0 Å². The molecule has 0 N–H and O–H groups in total. The fourth-order valence-electron chi connectivity index (χ4n) is 3.46. The molecule has 0 amide bonds. The Morgan fingerprint density at radius 2 is 1.76 bits per heavy atom. The van der Waals surface area contributed by atoms with E-state index in [-0.39, 0.29) is 5.78 Å². The Hall–Kier alpha value is -2.15. The molecule has 0 bridgehead atoms. The van der Waals surface area contributed by atoms with Crippen molar-refractivity contribution in [3.63, 3.8) is 0 Å². The molecule has 2 rings (SSSR count). The highest BCUT2D eigenvalue weighted by atomic mass is 16.1. The number of ketones is 1. The molecule has 0 radical (unpaired) electrons. The van der Waals surface area contributed by atoms with Crippen molar-refractivity contribution in [2.45, 2.75) is 52.9 Å². The van der Waals surface area contributed by atoms with Crippen LogP contribution in [-0.4, -0.2) is 5.78 Å². The van der Waals surface area contributed by atoms with Gasteiger partial charge in [0, 0.05) is 5.57 Å². The molecule has 25 heavy (non-hydrogen) atoms. The average molecular weight is 335 g/mol. The van der Waals surface area contributed by atoms with Gasteiger partial charge in [0.15, 0.2) is 5.78 Å². The monoisotopic (exact) mass is 334 g/mol. The fourth-order valence-corrected chi connectivity index (χ4v) is 3.46. The zero-order valence-electron chi connectivity index (χ0n) is 15.8. The number of allylic oxidation sites excluding steroid dienone is 7. The highest BCUT2D eigenvalue weighted by Crippen LogP contribution is 2.31. The molecule has 1 aromatic carbocycles. The SMILES string of the molecule is C=C(C)/C(=C\C(=C/C)CC1CCCC1)C(=O)/C=C(\C)c1ccccc1. The molecule has 1 fully saturated rings. The van der Waals surface area contributed by atoms with Gasteiger partial charge in [-0.15, -0.1) is 0 Å². The van der Waals surface area contributed by atoms with Crippen LogP contribution in [0.3, 0.4) is 0 Å². The molecule has 1 nitrogen and oxygen atoms in total. The van der Waals surface area contributed by atoms with E-state index in [1.807, 2.05) is 44.2 Å². The molecule has 0 aliphatic heterocycles. The number of hydrogen-bond acceptors (Lipinski definition) is 1. The Labute approximate surface area is 152 Å². The molecule has 0 atom stereocenters. The van der Waals surface area contributed by atoms with Gasteiger partial charge in [0.1, 0.15) is 0 Å². The largest absolute Gasteiger partial charge is 0.289 e. The van der Waals surface area contributed by atoms with E-state index in [4.69, 9.17) is 0 Å². The van der Waals surface area contributed by atoms with Crippen molar-refractivity contribution < 1.29 is 4.79 Å². The quantitative estimate of drug-likeness (QED) is 0.401. The molecular formula is C24H30O. The van der Waals surface area contributed by atoms with Gasteiger partial charge in [0.25, 0.3) is 0 Å². The summed E-state index contributed by atoms with van der Waals surface area (Å²) in [6.45, 7) is 9.99. The first kappa shape index (κ1) is 19.2. The Morgan fingerprint density at radius 1 is 1.12 bits per heavy atom. The lowest BCUT2D eigenvalue weighted by atomic mass is 9.93. The summed E-state index contributed by atoms with van der Waals surface area (Å²) in [6.07, 6.45) is 12.3. The Kier molecular flexibility index (Phi) is 7.18. The summed E-state index contributed by atoms with van der Waals surface area (Å²) in [6, 6.07) is 10.0. The summed E-state index contributed by atoms with van der Waals surface area (Å²) in [7, 11) is 0. The van der Waals surface area contributed by atoms with Crippen LogP contribution in [0.1, 0.15) is 58.4 Å². The van der Waals surface area contributed by atoms with Crippen LogP contribution in [0.15, 0.2) is 71.9 Å². The molecule has 0 spiro atoms. The number of carbonyl (C=O) groups excluding carboxylic acids is 1. The summed E-state index contributed by atoms with van der Waals surface area (Å²) in [4.78, 5) is 12.8. The minimum atomic E-state index is 0.0413. The van der Waals surface area contributed by atoms with E-state index in [9.17, 15) is 4.79 Å². The highest BCUT2D eigenvalue weighted by Gasteiger charge is 2.17. The van der Waals surface area contributed by atoms with Crippen LogP contribution in [0.4, 0.5) is 0 Å². The van der Waals surface area contributed by atoms with Crippen LogP contribution in [0.5, 0.6) is 0 Å². The first-order valence-electron chi connectivity index (χ1n) is 9.32. The van der Waals surface area contributed by atoms with Crippen LogP contribution in [0.25, 0.3) is 5.57 Å². The van der Waals surface area contributed by atoms with Crippen molar-refractivity contribution >= 4 is 11.4 Å². The number of carbonyl (C=O) groups is 1. The van der Waals surface area contributed by atoms with E-state index in [2.05, 4.69) is 25.7 Å². The van der Waals surface area contributed by atoms with E-state index >= 15 is 0 Å². The average Bonchev–Trinajstić information content (AvgIpc) is 3.11. The van der Waals surface area contributed by atoms with Gasteiger partial charge >= 0.3 is 0 Å². The van der Waals surface area contributed by atoms with Gasteiger partial charge in [-0.2, -0.15) is 0 Å². The van der Waals surface area contributed by atoms with Gasteiger partial charge in [0.05, 0.1) is 0 Å². The second-order valence-electron chi connectivity index (χ2n) is 7.11. The molecule has 1 aliphatic rings. The van der Waals surface area contributed by atoms with E-state index in [0.29, 0.717) is 0 Å². The zero-order chi connectivity index (χ0) is 18.2. The summed E-state index contributed by atoms with van der Waals surface area (Å²) >= 11 is 0. The lowest BCUT2D eigenvalue weighted by Crippen LogP contribution is -2.03. The third kappa shape index (κ3) is 5.70. The number of hydrogen-bond donors (Lipinski definition) is 0. The van der Waals surface area contributed by atoms with E-state index in [1.54, 1.807) is 6.08 Å². The molecule has 0 unspecified atom stereocenters. The Bertz CT molecular complexity index is 695. The summed E-state index contributed by atoms with van der Waals surface area (Å²) in [5, 5.41) is 0. The first-order valence-corrected chi connectivity index (χ1v) is 9.32. The topological polar surface area (TPSA) is 17.1 Å². The molecule has 1 aromatic rings. The number of rotatable bonds is 7. The molecule has 0 heterocycles. The molecule has 1 aliphatic carbocycles. The van der Waals surface area contributed by atoms with Gasteiger partial charge in [-0.1, -0.05) is 74.2 Å². The normalized spacial score (nSPS) is 17.0. The molecular weight excluding hydrogens is 304 g/mol. The third-order valence-corrected chi connectivity index (χ3v) is 5.00. The van der Waals surface area contributed by atoms with Gasteiger partial charge in [-0.05, 0) is 62.0 Å². The van der Waals surface area contributed by atoms with Crippen molar-refractivity contribution in [2.75, 3.05) is 0 Å². The molecule has 1 saturated carbocycles. The van der Waals surface area contributed by atoms with E-state index in [0.717, 1.165) is 34.6 Å². The van der Waals surface area contributed by atoms with Crippen LogP contribution in [-0.2, 0) is 4.79 Å². The van der Waals surface area contributed by atoms with Crippen molar-refractivity contribution in [1.82, 2.24) is 0 Å². The standard InChI is InChI=1S/C24H30O/c1-5-20(16-21-11-9-10-12-21)17-23(18(2)3)24(25)15-19(4)22-13-7-6-8-14-22/h5-8,13-15,17,21H,2,9-12,16H2,1,3-4H3/b19-15+,20-5-,23-17+. The first-order chi connectivity index (χ1) is 12.0. The minimum Gasteiger partial charge on any atom is -0.289 e. The Balaban J connectivity index is 2.20. The van der Waals surface area contributed by atoms with E-state index < -0.39 is 0 Å². The van der Waals surface area contributed by atoms with Gasteiger partial charge in [-0.3, -0.25) is 4.79 Å². The van der Waals surface area contributed by atoms with Gasteiger partial charge in [-0.25, -0.2) is 0 Å². The lowest BCUT2D eigenvalue weighted by molar-refractivity contribution is -0.111. The maximum atomic E-state index is 12.8. The van der Waals surface area contributed by atoms with Crippen molar-refractivity contribution in [3.05, 3.63) is 77.4 Å². The van der Waals surface area contributed by atoms with Crippen molar-refractivity contribution in [2.24, 2.45) is 5.92 Å². The van der Waals surface area contributed by atoms with Crippen LogP contribution in [0.2, 0.25) is 0 Å². The molecule has 0 saturated heterocycles. The maximum Gasteiger partial charge on any atom is 0.186 e. The second kappa shape index (κ2) is 9.36. The summed E-state index contributed by atoms with van der Waals surface area (Å²) < 4.78 is 0. The third-order valence-electron chi connectivity index (χ3n) is 5.00. The van der Waals surface area contributed by atoms with Crippen LogP contribution in [0, 0.1) is 5.92 Å². The smallest absolute Gasteiger partial charge is 0.186 e. The fraction of sp³-hybridized carbons (Fsp3) is 0.375. The zero-order valence-corrected chi connectivity index (χ0v) is 15.8. The van der Waals surface area contributed by atoms with Crippen LogP contribution < -0.4 is 0 Å². The Morgan fingerprint density at radius 3 is 2.32 bits per heavy atom. The van der Waals surface area contributed by atoms with E-state index in [1.165, 1.54) is 31.3 Å². The summed E-state index contributed by atoms with van der Waals surface area (Å²) in [5.41, 5.74) is 4.86. The summed E-state index contributed by atoms with van der Waals surface area (Å²) in [5.74, 6) is 0.810. The maximum absolute atomic E-state index is 12.8. The number of benzene rings is 1. The van der Waals surface area contributed by atoms with Crippen molar-refractivity contribution in [3.8, 4) is 0 Å². The molecule has 132 valence electrons. The van der Waals surface area contributed by atoms with Crippen molar-refractivity contribution in [1.29, 1.82) is 0 Å². The predicted octanol–water partition coefficient (Wildman–Crippen LogP) is 6.69.